The van der Waals surface area contributed by atoms with E-state index >= 15 is 0 Å². The van der Waals surface area contributed by atoms with Crippen LogP contribution in [0.5, 0.6) is 0 Å². The molecule has 1 N–H and O–H groups in total. The Morgan fingerprint density at radius 2 is 1.85 bits per heavy atom. The van der Waals surface area contributed by atoms with E-state index in [1.807, 2.05) is 24.3 Å². The summed E-state index contributed by atoms with van der Waals surface area (Å²) in [6, 6.07) is 14.2. The number of rotatable bonds is 4. The Morgan fingerprint density at radius 1 is 1.07 bits per heavy atom. The molecule has 2 heterocycles. The quantitative estimate of drug-likeness (QED) is 0.840. The Kier molecular flexibility index (Phi) is 4.96. The molecule has 136 valence electrons. The smallest absolute Gasteiger partial charge is 0.179 e. The molecule has 1 fully saturated rings. The molecule has 0 amide bonds. The van der Waals surface area contributed by atoms with E-state index in [9.17, 15) is 5.26 Å². The molecule has 0 saturated carbocycles. The minimum absolute atomic E-state index is 0.640. The molecular formula is C22H22N4O. The van der Waals surface area contributed by atoms with Gasteiger partial charge in [0.2, 0.25) is 0 Å². The molecule has 0 spiro atoms. The van der Waals surface area contributed by atoms with Crippen molar-refractivity contribution in [3.8, 4) is 23.4 Å². The zero-order valence-electron chi connectivity index (χ0n) is 15.2. The van der Waals surface area contributed by atoms with Gasteiger partial charge in [-0.1, -0.05) is 12.1 Å². The molecule has 1 saturated heterocycles. The van der Waals surface area contributed by atoms with E-state index in [0.29, 0.717) is 24.6 Å². The maximum absolute atomic E-state index is 9.32. The topological polar surface area (TPSA) is 72.1 Å². The van der Waals surface area contributed by atoms with Crippen LogP contribution < -0.4 is 5.32 Å². The van der Waals surface area contributed by atoms with Gasteiger partial charge >= 0.3 is 0 Å². The second-order valence-electron chi connectivity index (χ2n) is 7.24. The van der Waals surface area contributed by atoms with Crippen molar-refractivity contribution in [1.82, 2.24) is 4.90 Å². The SMILES string of the molecule is N#Cc1ccc(-c2cc(NCC3CCOCC3)cc3c2CN(C#N)C3)cc1. The van der Waals surface area contributed by atoms with Gasteiger partial charge in [0.1, 0.15) is 0 Å². The summed E-state index contributed by atoms with van der Waals surface area (Å²) >= 11 is 0. The molecule has 0 unspecified atom stereocenters. The van der Waals surface area contributed by atoms with Crippen LogP contribution >= 0.6 is 0 Å². The molecule has 2 aromatic rings. The van der Waals surface area contributed by atoms with Gasteiger partial charge in [-0.2, -0.15) is 10.5 Å². The van der Waals surface area contributed by atoms with Gasteiger partial charge in [0.25, 0.3) is 0 Å². The van der Waals surface area contributed by atoms with Crippen molar-refractivity contribution in [3.63, 3.8) is 0 Å². The molecule has 4 rings (SSSR count). The number of ether oxygens (including phenoxy) is 1. The highest BCUT2D eigenvalue weighted by Gasteiger charge is 2.23. The lowest BCUT2D eigenvalue weighted by Gasteiger charge is -2.23. The zero-order valence-corrected chi connectivity index (χ0v) is 15.2. The summed E-state index contributed by atoms with van der Waals surface area (Å²) < 4.78 is 5.45. The van der Waals surface area contributed by atoms with E-state index in [1.54, 1.807) is 4.90 Å². The summed E-state index contributed by atoms with van der Waals surface area (Å²) in [6.45, 7) is 3.94. The number of nitrogens with zero attached hydrogens (tertiary/aromatic N) is 3. The number of hydrogen-bond donors (Lipinski definition) is 1. The van der Waals surface area contributed by atoms with Gasteiger partial charge in [0, 0.05) is 25.4 Å². The molecule has 2 aromatic carbocycles. The maximum Gasteiger partial charge on any atom is 0.179 e. The van der Waals surface area contributed by atoms with Crippen LogP contribution in [0.4, 0.5) is 5.69 Å². The molecule has 0 radical (unpaired) electrons. The Morgan fingerprint density at radius 3 is 2.56 bits per heavy atom. The van der Waals surface area contributed by atoms with Crippen molar-refractivity contribution in [2.24, 2.45) is 5.92 Å². The first-order valence-electron chi connectivity index (χ1n) is 9.39. The largest absolute Gasteiger partial charge is 0.385 e. The number of fused-ring (bicyclic) bond motifs is 1. The van der Waals surface area contributed by atoms with Crippen LogP contribution in [0.15, 0.2) is 36.4 Å². The summed E-state index contributed by atoms with van der Waals surface area (Å²) in [6.07, 6.45) is 4.47. The van der Waals surface area contributed by atoms with Gasteiger partial charge in [0.15, 0.2) is 6.19 Å². The van der Waals surface area contributed by atoms with E-state index in [1.165, 1.54) is 11.1 Å². The Labute approximate surface area is 159 Å². The van der Waals surface area contributed by atoms with Crippen LogP contribution in [0.3, 0.4) is 0 Å². The van der Waals surface area contributed by atoms with Gasteiger partial charge < -0.3 is 15.0 Å². The number of benzene rings is 2. The fraction of sp³-hybridized carbons (Fsp3) is 0.364. The summed E-state index contributed by atoms with van der Waals surface area (Å²) in [7, 11) is 0. The van der Waals surface area contributed by atoms with E-state index in [2.05, 4.69) is 29.7 Å². The normalized spacial score (nSPS) is 16.4. The predicted molar refractivity (Wildman–Crippen MR) is 103 cm³/mol. The molecule has 5 heteroatoms. The average Bonchev–Trinajstić information content (AvgIpc) is 3.16. The second-order valence-corrected chi connectivity index (χ2v) is 7.24. The van der Waals surface area contributed by atoms with Gasteiger partial charge in [-0.05, 0) is 65.3 Å². The fourth-order valence-electron chi connectivity index (χ4n) is 3.88. The lowest BCUT2D eigenvalue weighted by atomic mass is 9.95. The first-order valence-corrected chi connectivity index (χ1v) is 9.39. The molecule has 27 heavy (non-hydrogen) atoms. The van der Waals surface area contributed by atoms with Gasteiger partial charge in [-0.25, -0.2) is 0 Å². The van der Waals surface area contributed by atoms with Crippen molar-refractivity contribution in [3.05, 3.63) is 53.1 Å². The maximum atomic E-state index is 9.32. The first kappa shape index (κ1) is 17.4. The van der Waals surface area contributed by atoms with Crippen LogP contribution in [0.1, 0.15) is 29.5 Å². The molecule has 2 aliphatic heterocycles. The van der Waals surface area contributed by atoms with Crippen LogP contribution in [-0.2, 0) is 17.8 Å². The standard InChI is InChI=1S/C22H22N4O/c23-11-16-1-3-18(4-2-16)21-10-20(25-12-17-5-7-27-8-6-17)9-19-13-26(15-24)14-22(19)21/h1-4,9-10,17,25H,5-8,12-14H2. The van der Waals surface area contributed by atoms with Crippen molar-refractivity contribution < 1.29 is 4.74 Å². The third kappa shape index (κ3) is 3.74. The zero-order chi connectivity index (χ0) is 18.6. The minimum atomic E-state index is 0.640. The fourth-order valence-corrected chi connectivity index (χ4v) is 3.88. The summed E-state index contributed by atoms with van der Waals surface area (Å²) in [5, 5.41) is 22.0. The number of nitriles is 2. The van der Waals surface area contributed by atoms with Crippen molar-refractivity contribution in [1.29, 1.82) is 10.5 Å². The van der Waals surface area contributed by atoms with Crippen LogP contribution in [-0.4, -0.2) is 24.7 Å². The van der Waals surface area contributed by atoms with E-state index in [-0.39, 0.29) is 0 Å². The Bertz CT molecular complexity index is 902. The number of anilines is 1. The van der Waals surface area contributed by atoms with Crippen LogP contribution in [0.2, 0.25) is 0 Å². The molecule has 0 atom stereocenters. The predicted octanol–water partition coefficient (Wildman–Crippen LogP) is 3.86. The summed E-state index contributed by atoms with van der Waals surface area (Å²) in [5.74, 6) is 0.640. The highest BCUT2D eigenvalue weighted by atomic mass is 16.5. The lowest BCUT2D eigenvalue weighted by Crippen LogP contribution is -2.22. The highest BCUT2D eigenvalue weighted by molar-refractivity contribution is 5.74. The van der Waals surface area contributed by atoms with Crippen molar-refractivity contribution in [2.45, 2.75) is 25.9 Å². The van der Waals surface area contributed by atoms with E-state index < -0.39 is 0 Å². The number of nitrogens with one attached hydrogen (secondary N) is 1. The Hall–Kier alpha value is -3.02. The van der Waals surface area contributed by atoms with Crippen molar-refractivity contribution in [2.75, 3.05) is 25.1 Å². The summed E-state index contributed by atoms with van der Waals surface area (Å²) in [5.41, 5.74) is 6.39. The molecule has 5 nitrogen and oxygen atoms in total. The summed E-state index contributed by atoms with van der Waals surface area (Å²) in [4.78, 5) is 1.78. The highest BCUT2D eigenvalue weighted by Crippen LogP contribution is 2.35. The monoisotopic (exact) mass is 358 g/mol. The van der Waals surface area contributed by atoms with Crippen LogP contribution in [0, 0.1) is 28.7 Å². The molecule has 2 aliphatic rings. The molecular weight excluding hydrogens is 336 g/mol. The average molecular weight is 358 g/mol. The lowest BCUT2D eigenvalue weighted by molar-refractivity contribution is 0.0699. The minimum Gasteiger partial charge on any atom is -0.385 e. The van der Waals surface area contributed by atoms with Crippen LogP contribution in [0.25, 0.3) is 11.1 Å². The van der Waals surface area contributed by atoms with E-state index in [0.717, 1.165) is 49.4 Å². The van der Waals surface area contributed by atoms with Gasteiger partial charge in [-0.15, -0.1) is 0 Å². The Balaban J connectivity index is 1.63. The second kappa shape index (κ2) is 7.70. The van der Waals surface area contributed by atoms with Crippen molar-refractivity contribution >= 4 is 5.69 Å². The third-order valence-corrected chi connectivity index (χ3v) is 5.45. The van der Waals surface area contributed by atoms with Gasteiger partial charge in [-0.3, -0.25) is 0 Å². The first-order chi connectivity index (χ1) is 13.3. The van der Waals surface area contributed by atoms with Gasteiger partial charge in [0.05, 0.1) is 24.7 Å². The third-order valence-electron chi connectivity index (χ3n) is 5.45. The molecule has 0 aliphatic carbocycles. The molecule has 0 bridgehead atoms. The number of hydrogen-bond acceptors (Lipinski definition) is 5. The molecule has 0 aromatic heterocycles. The van der Waals surface area contributed by atoms with E-state index in [4.69, 9.17) is 10.00 Å².